The Balaban J connectivity index is 1.93. The Kier molecular flexibility index (Phi) is 5.13. The van der Waals surface area contributed by atoms with Gasteiger partial charge in [0.1, 0.15) is 0 Å². The molecule has 1 heterocycles. The maximum Gasteiger partial charge on any atom is 0.246 e. The summed E-state index contributed by atoms with van der Waals surface area (Å²) in [6, 6.07) is 9.24. The molecule has 0 aliphatic carbocycles. The number of amides is 1. The van der Waals surface area contributed by atoms with Crippen molar-refractivity contribution in [2.75, 3.05) is 13.1 Å². The maximum absolute atomic E-state index is 12.1. The van der Waals surface area contributed by atoms with E-state index in [1.54, 1.807) is 30.4 Å². The SMILES string of the molecule is CC(O)C1CCN(C(=O)C=Cc2cccc(C#N)c2)CC1. The van der Waals surface area contributed by atoms with Gasteiger partial charge in [0.2, 0.25) is 5.91 Å². The second-order valence-electron chi connectivity index (χ2n) is 5.47. The van der Waals surface area contributed by atoms with E-state index in [0.717, 1.165) is 18.4 Å². The summed E-state index contributed by atoms with van der Waals surface area (Å²) in [5.41, 5.74) is 1.43. The Hall–Kier alpha value is -2.12. The third kappa shape index (κ3) is 4.17. The Bertz CT molecular complexity index is 564. The van der Waals surface area contributed by atoms with Crippen LogP contribution >= 0.6 is 0 Å². The molecule has 21 heavy (non-hydrogen) atoms. The molecule has 0 spiro atoms. The first-order valence-electron chi connectivity index (χ1n) is 7.25. The highest BCUT2D eigenvalue weighted by Gasteiger charge is 2.24. The molecule has 0 aromatic heterocycles. The van der Waals surface area contributed by atoms with Crippen LogP contribution in [-0.4, -0.2) is 35.1 Å². The minimum absolute atomic E-state index is 0.0126. The minimum atomic E-state index is -0.300. The van der Waals surface area contributed by atoms with Gasteiger partial charge in [0.05, 0.1) is 17.7 Å². The monoisotopic (exact) mass is 284 g/mol. The molecule has 1 unspecified atom stereocenters. The number of aliphatic hydroxyl groups is 1. The molecular formula is C17H20N2O2. The topological polar surface area (TPSA) is 64.3 Å². The standard InChI is InChI=1S/C17H20N2O2/c1-13(20)16-7-9-19(10-8-16)17(21)6-5-14-3-2-4-15(11-14)12-18/h2-6,11,13,16,20H,7-10H2,1H3. The van der Waals surface area contributed by atoms with Crippen LogP contribution in [0.15, 0.2) is 30.3 Å². The highest BCUT2D eigenvalue weighted by molar-refractivity contribution is 5.91. The highest BCUT2D eigenvalue weighted by Crippen LogP contribution is 2.20. The van der Waals surface area contributed by atoms with E-state index in [9.17, 15) is 9.90 Å². The van der Waals surface area contributed by atoms with Gasteiger partial charge in [-0.2, -0.15) is 5.26 Å². The van der Waals surface area contributed by atoms with Gasteiger partial charge in [-0.15, -0.1) is 0 Å². The molecule has 1 aromatic carbocycles. The predicted molar refractivity (Wildman–Crippen MR) is 81.2 cm³/mol. The molecule has 1 amide bonds. The molecular weight excluding hydrogens is 264 g/mol. The number of likely N-dealkylation sites (tertiary alicyclic amines) is 1. The summed E-state index contributed by atoms with van der Waals surface area (Å²) >= 11 is 0. The van der Waals surface area contributed by atoms with Crippen molar-refractivity contribution in [3.05, 3.63) is 41.5 Å². The lowest BCUT2D eigenvalue weighted by atomic mass is 9.92. The van der Waals surface area contributed by atoms with Crippen LogP contribution < -0.4 is 0 Å². The van der Waals surface area contributed by atoms with Crippen LogP contribution in [0.1, 0.15) is 30.9 Å². The summed E-state index contributed by atoms with van der Waals surface area (Å²) in [7, 11) is 0. The van der Waals surface area contributed by atoms with Crippen LogP contribution in [-0.2, 0) is 4.79 Å². The molecule has 0 bridgehead atoms. The molecule has 1 aliphatic rings. The molecule has 1 saturated heterocycles. The molecule has 1 aromatic rings. The van der Waals surface area contributed by atoms with E-state index in [4.69, 9.17) is 5.26 Å². The number of nitrogens with zero attached hydrogens (tertiary/aromatic N) is 2. The van der Waals surface area contributed by atoms with Crippen molar-refractivity contribution in [3.8, 4) is 6.07 Å². The molecule has 1 atom stereocenters. The van der Waals surface area contributed by atoms with Gasteiger partial charge in [0.15, 0.2) is 0 Å². The molecule has 110 valence electrons. The van der Waals surface area contributed by atoms with Crippen molar-refractivity contribution in [1.29, 1.82) is 5.26 Å². The van der Waals surface area contributed by atoms with E-state index in [2.05, 4.69) is 6.07 Å². The summed E-state index contributed by atoms with van der Waals surface area (Å²) in [5.74, 6) is 0.284. The molecule has 1 fully saturated rings. The predicted octanol–water partition coefficient (Wildman–Crippen LogP) is 2.19. The van der Waals surface area contributed by atoms with E-state index in [-0.39, 0.29) is 12.0 Å². The molecule has 4 nitrogen and oxygen atoms in total. The fourth-order valence-electron chi connectivity index (χ4n) is 2.59. The first-order chi connectivity index (χ1) is 10.1. The summed E-state index contributed by atoms with van der Waals surface area (Å²) in [5, 5.41) is 18.4. The second kappa shape index (κ2) is 7.05. The average molecular weight is 284 g/mol. The van der Waals surface area contributed by atoms with Crippen LogP contribution in [0.25, 0.3) is 6.08 Å². The van der Waals surface area contributed by atoms with Gasteiger partial charge in [0, 0.05) is 19.2 Å². The van der Waals surface area contributed by atoms with Crippen LogP contribution in [0.3, 0.4) is 0 Å². The quantitative estimate of drug-likeness (QED) is 0.865. The summed E-state index contributed by atoms with van der Waals surface area (Å²) in [6.07, 6.45) is 4.69. The maximum atomic E-state index is 12.1. The van der Waals surface area contributed by atoms with Crippen molar-refractivity contribution in [2.45, 2.75) is 25.9 Å². The van der Waals surface area contributed by atoms with Crippen LogP contribution in [0, 0.1) is 17.2 Å². The number of hydrogen-bond donors (Lipinski definition) is 1. The van der Waals surface area contributed by atoms with Crippen molar-refractivity contribution in [3.63, 3.8) is 0 Å². The fraction of sp³-hybridized carbons (Fsp3) is 0.412. The zero-order valence-electron chi connectivity index (χ0n) is 12.2. The Labute approximate surface area is 125 Å². The third-order valence-electron chi connectivity index (χ3n) is 3.97. The number of nitriles is 1. The number of carbonyl (C=O) groups excluding carboxylic acids is 1. The van der Waals surface area contributed by atoms with Gasteiger partial charge >= 0.3 is 0 Å². The lowest BCUT2D eigenvalue weighted by molar-refractivity contribution is -0.127. The Morgan fingerprint density at radius 3 is 2.81 bits per heavy atom. The molecule has 4 heteroatoms. The fourth-order valence-corrected chi connectivity index (χ4v) is 2.59. The largest absolute Gasteiger partial charge is 0.393 e. The number of piperidine rings is 1. The third-order valence-corrected chi connectivity index (χ3v) is 3.97. The van der Waals surface area contributed by atoms with E-state index in [1.165, 1.54) is 0 Å². The van der Waals surface area contributed by atoms with Gasteiger partial charge in [-0.3, -0.25) is 4.79 Å². The van der Waals surface area contributed by atoms with E-state index >= 15 is 0 Å². The number of rotatable bonds is 3. The van der Waals surface area contributed by atoms with Crippen molar-refractivity contribution in [1.82, 2.24) is 4.90 Å². The van der Waals surface area contributed by atoms with Crippen molar-refractivity contribution >= 4 is 12.0 Å². The van der Waals surface area contributed by atoms with Gasteiger partial charge in [0.25, 0.3) is 0 Å². The normalized spacial score (nSPS) is 17.7. The van der Waals surface area contributed by atoms with E-state index in [1.807, 2.05) is 17.9 Å². The summed E-state index contributed by atoms with van der Waals surface area (Å²) in [4.78, 5) is 13.9. The van der Waals surface area contributed by atoms with E-state index in [0.29, 0.717) is 24.6 Å². The number of benzene rings is 1. The zero-order chi connectivity index (χ0) is 15.2. The molecule has 0 saturated carbocycles. The summed E-state index contributed by atoms with van der Waals surface area (Å²) in [6.45, 7) is 3.19. The Morgan fingerprint density at radius 1 is 1.48 bits per heavy atom. The lowest BCUT2D eigenvalue weighted by Crippen LogP contribution is -2.39. The lowest BCUT2D eigenvalue weighted by Gasteiger charge is -2.32. The van der Waals surface area contributed by atoms with Gasteiger partial charge in [-0.05, 0) is 49.5 Å². The number of hydrogen-bond acceptors (Lipinski definition) is 3. The summed E-state index contributed by atoms with van der Waals surface area (Å²) < 4.78 is 0. The first-order valence-corrected chi connectivity index (χ1v) is 7.25. The zero-order valence-corrected chi connectivity index (χ0v) is 12.2. The Morgan fingerprint density at radius 2 is 2.19 bits per heavy atom. The van der Waals surface area contributed by atoms with E-state index < -0.39 is 0 Å². The smallest absolute Gasteiger partial charge is 0.246 e. The first kappa shape index (κ1) is 15.3. The average Bonchev–Trinajstić information content (AvgIpc) is 2.53. The van der Waals surface area contributed by atoms with Gasteiger partial charge < -0.3 is 10.0 Å². The van der Waals surface area contributed by atoms with Gasteiger partial charge in [-0.25, -0.2) is 0 Å². The molecule has 2 rings (SSSR count). The molecule has 1 aliphatic heterocycles. The minimum Gasteiger partial charge on any atom is -0.393 e. The van der Waals surface area contributed by atoms with Crippen LogP contribution in [0.5, 0.6) is 0 Å². The molecule has 0 radical (unpaired) electrons. The number of aliphatic hydroxyl groups excluding tert-OH is 1. The van der Waals surface area contributed by atoms with Crippen molar-refractivity contribution in [2.24, 2.45) is 5.92 Å². The second-order valence-corrected chi connectivity index (χ2v) is 5.47. The van der Waals surface area contributed by atoms with Gasteiger partial charge in [-0.1, -0.05) is 12.1 Å². The molecule has 1 N–H and O–H groups in total. The van der Waals surface area contributed by atoms with Crippen molar-refractivity contribution < 1.29 is 9.90 Å². The number of carbonyl (C=O) groups is 1. The van der Waals surface area contributed by atoms with Crippen LogP contribution in [0.4, 0.5) is 0 Å². The van der Waals surface area contributed by atoms with Crippen LogP contribution in [0.2, 0.25) is 0 Å². The highest BCUT2D eigenvalue weighted by atomic mass is 16.3.